The first-order valence-electron chi connectivity index (χ1n) is 8.46. The summed E-state index contributed by atoms with van der Waals surface area (Å²) in [6.07, 6.45) is 0.174. The summed E-state index contributed by atoms with van der Waals surface area (Å²) in [4.78, 5) is 13.0. The van der Waals surface area contributed by atoms with Crippen molar-refractivity contribution < 1.29 is 13.9 Å². The highest BCUT2D eigenvalue weighted by atomic mass is 35.5. The quantitative estimate of drug-likeness (QED) is 0.519. The molecule has 0 radical (unpaired) electrons. The molecule has 0 saturated carbocycles. The number of nitrogens with two attached hydrogens (primary N) is 1. The van der Waals surface area contributed by atoms with Crippen LogP contribution in [0.2, 0.25) is 5.02 Å². The molecule has 7 heteroatoms. The van der Waals surface area contributed by atoms with Crippen LogP contribution in [0.15, 0.2) is 71.6 Å². The van der Waals surface area contributed by atoms with Gasteiger partial charge in [-0.15, -0.1) is 0 Å². The zero-order valence-corrected chi connectivity index (χ0v) is 16.4. The number of hydrogen-bond donors (Lipinski definition) is 2. The Balaban J connectivity index is 1.64. The van der Waals surface area contributed by atoms with E-state index >= 15 is 0 Å². The number of anilines is 1. The summed E-state index contributed by atoms with van der Waals surface area (Å²) in [5.74, 6) is 0.112. The minimum Gasteiger partial charge on any atom is -0.488 e. The van der Waals surface area contributed by atoms with Crippen LogP contribution in [0.5, 0.6) is 5.75 Å². The predicted molar refractivity (Wildman–Crippen MR) is 111 cm³/mol. The molecule has 0 aliphatic carbocycles. The van der Waals surface area contributed by atoms with E-state index in [1.54, 1.807) is 36.4 Å². The minimum atomic E-state index is -0.293. The molecule has 0 bridgehead atoms. The monoisotopic (exact) mass is 416 g/mol. The Morgan fingerprint density at radius 3 is 2.57 bits per heavy atom. The summed E-state index contributed by atoms with van der Waals surface area (Å²) in [5.41, 5.74) is 2.21. The average Bonchev–Trinajstić information content (AvgIpc) is 2.70. The Kier molecular flexibility index (Phi) is 6.92. The van der Waals surface area contributed by atoms with Crippen molar-refractivity contribution in [1.29, 1.82) is 0 Å². The van der Waals surface area contributed by atoms with Gasteiger partial charge in [0.05, 0.1) is 11.3 Å². The summed E-state index contributed by atoms with van der Waals surface area (Å²) >= 11 is 7.12. The number of rotatable bonds is 7. The fourth-order valence-electron chi connectivity index (χ4n) is 2.56. The van der Waals surface area contributed by atoms with Crippen molar-refractivity contribution in [2.75, 3.05) is 5.32 Å². The van der Waals surface area contributed by atoms with Gasteiger partial charge in [0.15, 0.2) is 0 Å². The van der Waals surface area contributed by atoms with Gasteiger partial charge in [0.1, 0.15) is 18.2 Å². The van der Waals surface area contributed by atoms with Crippen molar-refractivity contribution in [2.24, 2.45) is 5.14 Å². The molecular weight excluding hydrogens is 399 g/mol. The lowest BCUT2D eigenvalue weighted by Gasteiger charge is -2.12. The zero-order chi connectivity index (χ0) is 19.9. The molecular formula is C21H18ClFN2O2S. The number of carbonyl (C=O) groups is 1. The Labute approximate surface area is 172 Å². The molecule has 0 aliphatic rings. The summed E-state index contributed by atoms with van der Waals surface area (Å²) < 4.78 is 18.7. The van der Waals surface area contributed by atoms with E-state index in [0.29, 0.717) is 21.4 Å². The first-order valence-corrected chi connectivity index (χ1v) is 9.72. The lowest BCUT2D eigenvalue weighted by atomic mass is 10.1. The predicted octanol–water partition coefficient (Wildman–Crippen LogP) is 5.21. The van der Waals surface area contributed by atoms with E-state index in [4.69, 9.17) is 21.5 Å². The number of carbonyl (C=O) groups excluding carboxylic acids is 1. The van der Waals surface area contributed by atoms with Crippen LogP contribution >= 0.6 is 23.5 Å². The Hall–Kier alpha value is -2.54. The number of amides is 1. The van der Waals surface area contributed by atoms with Crippen molar-refractivity contribution in [3.63, 3.8) is 0 Å². The van der Waals surface area contributed by atoms with Gasteiger partial charge in [-0.1, -0.05) is 41.9 Å². The molecule has 3 rings (SSSR count). The van der Waals surface area contributed by atoms with Gasteiger partial charge in [-0.3, -0.25) is 9.93 Å². The van der Waals surface area contributed by atoms with E-state index in [9.17, 15) is 9.18 Å². The second-order valence-corrected chi connectivity index (χ2v) is 7.09. The van der Waals surface area contributed by atoms with Gasteiger partial charge < -0.3 is 10.1 Å². The van der Waals surface area contributed by atoms with Gasteiger partial charge >= 0.3 is 0 Å². The lowest BCUT2D eigenvalue weighted by Crippen LogP contribution is -2.14. The van der Waals surface area contributed by atoms with Crippen LogP contribution in [0.4, 0.5) is 10.1 Å². The Morgan fingerprint density at radius 2 is 1.86 bits per heavy atom. The molecule has 3 N–H and O–H groups in total. The highest BCUT2D eigenvalue weighted by Crippen LogP contribution is 2.30. The molecule has 0 aliphatic heterocycles. The third kappa shape index (κ3) is 5.48. The van der Waals surface area contributed by atoms with Gasteiger partial charge in [-0.25, -0.2) is 4.39 Å². The van der Waals surface area contributed by atoms with Crippen LogP contribution in [-0.4, -0.2) is 5.91 Å². The van der Waals surface area contributed by atoms with E-state index in [2.05, 4.69) is 5.32 Å². The second kappa shape index (κ2) is 9.59. The molecule has 28 heavy (non-hydrogen) atoms. The van der Waals surface area contributed by atoms with Gasteiger partial charge in [0.2, 0.25) is 5.91 Å². The van der Waals surface area contributed by atoms with E-state index in [1.807, 2.05) is 18.2 Å². The fourth-order valence-corrected chi connectivity index (χ4v) is 3.20. The molecule has 0 spiro atoms. The first-order chi connectivity index (χ1) is 13.5. The van der Waals surface area contributed by atoms with Crippen molar-refractivity contribution in [3.8, 4) is 5.75 Å². The van der Waals surface area contributed by atoms with Gasteiger partial charge in [0.25, 0.3) is 0 Å². The third-order valence-corrected chi connectivity index (χ3v) is 4.91. The molecule has 0 fully saturated rings. The van der Waals surface area contributed by atoms with E-state index in [-0.39, 0.29) is 24.8 Å². The van der Waals surface area contributed by atoms with Crippen LogP contribution in [0.25, 0.3) is 0 Å². The number of ether oxygens (including phenoxy) is 1. The summed E-state index contributed by atoms with van der Waals surface area (Å²) in [7, 11) is 0. The first kappa shape index (κ1) is 20.2. The molecule has 0 atom stereocenters. The summed E-state index contributed by atoms with van der Waals surface area (Å²) in [6.45, 7) is 0.284. The lowest BCUT2D eigenvalue weighted by molar-refractivity contribution is -0.115. The molecule has 0 heterocycles. The molecule has 3 aromatic rings. The van der Waals surface area contributed by atoms with Gasteiger partial charge in [-0.2, -0.15) is 0 Å². The highest BCUT2D eigenvalue weighted by Gasteiger charge is 2.10. The van der Waals surface area contributed by atoms with E-state index in [1.165, 1.54) is 12.1 Å². The second-order valence-electron chi connectivity index (χ2n) is 6.01. The van der Waals surface area contributed by atoms with E-state index in [0.717, 1.165) is 23.1 Å². The smallest absolute Gasteiger partial charge is 0.228 e. The Morgan fingerprint density at radius 1 is 1.11 bits per heavy atom. The maximum absolute atomic E-state index is 13.0. The molecule has 0 saturated heterocycles. The SMILES string of the molecule is NSc1cc(NC(=O)Cc2ccccc2Cl)ccc1OCc1ccc(F)cc1. The average molecular weight is 417 g/mol. The highest BCUT2D eigenvalue weighted by molar-refractivity contribution is 7.97. The van der Waals surface area contributed by atoms with Crippen LogP contribution in [0, 0.1) is 5.82 Å². The fraction of sp³-hybridized carbons (Fsp3) is 0.0952. The maximum Gasteiger partial charge on any atom is 0.228 e. The number of hydrogen-bond acceptors (Lipinski definition) is 4. The van der Waals surface area contributed by atoms with E-state index < -0.39 is 0 Å². The van der Waals surface area contributed by atoms with Crippen molar-refractivity contribution in [3.05, 3.63) is 88.7 Å². The molecule has 3 aromatic carbocycles. The van der Waals surface area contributed by atoms with Gasteiger partial charge in [-0.05, 0) is 59.5 Å². The van der Waals surface area contributed by atoms with Crippen LogP contribution in [0.1, 0.15) is 11.1 Å². The van der Waals surface area contributed by atoms with Crippen molar-refractivity contribution in [2.45, 2.75) is 17.9 Å². The normalized spacial score (nSPS) is 10.5. The van der Waals surface area contributed by atoms with Crippen LogP contribution in [-0.2, 0) is 17.8 Å². The number of benzene rings is 3. The summed E-state index contributed by atoms with van der Waals surface area (Å²) in [6, 6.07) is 18.5. The van der Waals surface area contributed by atoms with Crippen LogP contribution in [0.3, 0.4) is 0 Å². The summed E-state index contributed by atoms with van der Waals surface area (Å²) in [5, 5.41) is 9.13. The maximum atomic E-state index is 13.0. The zero-order valence-electron chi connectivity index (χ0n) is 14.8. The molecule has 144 valence electrons. The van der Waals surface area contributed by atoms with Gasteiger partial charge in [0, 0.05) is 10.7 Å². The number of halogens is 2. The molecule has 0 unspecified atom stereocenters. The topological polar surface area (TPSA) is 64.3 Å². The molecule has 4 nitrogen and oxygen atoms in total. The van der Waals surface area contributed by atoms with Crippen molar-refractivity contribution >= 4 is 35.1 Å². The van der Waals surface area contributed by atoms with Crippen molar-refractivity contribution in [1.82, 2.24) is 0 Å². The largest absolute Gasteiger partial charge is 0.488 e. The molecule has 0 aromatic heterocycles. The third-order valence-electron chi connectivity index (χ3n) is 3.97. The standard InChI is InChI=1S/C21H18ClFN2O2S/c22-18-4-2-1-3-15(18)11-21(26)25-17-9-10-19(20(12-17)28-24)27-13-14-5-7-16(23)8-6-14/h1-10,12H,11,13,24H2,(H,25,26). The molecule has 1 amide bonds. The Bertz CT molecular complexity index is 967. The number of nitrogens with one attached hydrogen (secondary N) is 1. The van der Waals surface area contributed by atoms with Crippen LogP contribution < -0.4 is 15.2 Å². The minimum absolute atomic E-state index is 0.174.